The molecule has 7 nitrogen and oxygen atoms in total. The van der Waals surface area contributed by atoms with E-state index in [1.54, 1.807) is 19.1 Å². The van der Waals surface area contributed by atoms with Crippen LogP contribution in [0.3, 0.4) is 0 Å². The third kappa shape index (κ3) is 5.79. The molecule has 1 aliphatic heterocycles. The summed E-state index contributed by atoms with van der Waals surface area (Å²) in [4.78, 5) is 18.9. The van der Waals surface area contributed by atoms with Gasteiger partial charge in [0.15, 0.2) is 0 Å². The topological polar surface area (TPSA) is 82.6 Å². The average Bonchev–Trinajstić information content (AvgIpc) is 2.70. The zero-order valence-corrected chi connectivity index (χ0v) is 19.4. The third-order valence-electron chi connectivity index (χ3n) is 4.59. The fraction of sp³-hybridized carbons (Fsp3) is 0.368. The molecule has 2 heterocycles. The minimum absolute atomic E-state index is 0.145. The van der Waals surface area contributed by atoms with Crippen molar-refractivity contribution in [3.05, 3.63) is 47.1 Å². The summed E-state index contributed by atoms with van der Waals surface area (Å²) in [5, 5.41) is 3.07. The molecule has 0 saturated carbocycles. The smallest absolute Gasteiger partial charge is 0.244 e. The average molecular weight is 499 g/mol. The Morgan fingerprint density at radius 1 is 1.14 bits per heavy atom. The molecule has 1 aromatic carbocycles. The van der Waals surface area contributed by atoms with E-state index in [2.05, 4.69) is 31.1 Å². The van der Waals surface area contributed by atoms with Crippen LogP contribution in [0.1, 0.15) is 6.92 Å². The van der Waals surface area contributed by atoms with E-state index in [4.69, 9.17) is 0 Å². The molecule has 1 aliphatic rings. The van der Waals surface area contributed by atoms with E-state index in [1.165, 1.54) is 22.3 Å². The molecule has 1 aromatic heterocycles. The first-order valence-electron chi connectivity index (χ1n) is 9.13. The molecule has 3 rings (SSSR count). The van der Waals surface area contributed by atoms with Crippen LogP contribution in [-0.4, -0.2) is 67.0 Å². The highest BCUT2D eigenvalue weighted by Crippen LogP contribution is 2.25. The van der Waals surface area contributed by atoms with E-state index < -0.39 is 10.0 Å². The van der Waals surface area contributed by atoms with Gasteiger partial charge in [0.2, 0.25) is 15.9 Å². The Morgan fingerprint density at radius 2 is 1.79 bits per heavy atom. The second kappa shape index (κ2) is 9.57. The Balaban J connectivity index is 1.60. The Kier molecular flexibility index (Phi) is 7.33. The van der Waals surface area contributed by atoms with Gasteiger partial charge in [0.05, 0.1) is 10.3 Å². The van der Waals surface area contributed by atoms with Crippen LogP contribution in [0.2, 0.25) is 0 Å². The highest BCUT2D eigenvalue weighted by atomic mass is 79.9. The van der Waals surface area contributed by atoms with Crippen LogP contribution in [0.5, 0.6) is 0 Å². The van der Waals surface area contributed by atoms with Crippen molar-refractivity contribution in [1.29, 1.82) is 0 Å². The van der Waals surface area contributed by atoms with Crippen molar-refractivity contribution in [2.24, 2.45) is 0 Å². The van der Waals surface area contributed by atoms with Crippen molar-refractivity contribution in [2.45, 2.75) is 22.1 Å². The molecule has 0 spiro atoms. The predicted molar refractivity (Wildman–Crippen MR) is 119 cm³/mol. The van der Waals surface area contributed by atoms with Gasteiger partial charge in [-0.25, -0.2) is 13.4 Å². The lowest BCUT2D eigenvalue weighted by Gasteiger charge is -2.31. The first-order valence-corrected chi connectivity index (χ1v) is 12.2. The molecule has 0 unspecified atom stereocenters. The summed E-state index contributed by atoms with van der Waals surface area (Å²) >= 11 is 4.64. The van der Waals surface area contributed by atoms with E-state index in [9.17, 15) is 13.2 Å². The van der Waals surface area contributed by atoms with Gasteiger partial charge in [-0.2, -0.15) is 4.31 Å². The van der Waals surface area contributed by atoms with Crippen molar-refractivity contribution in [1.82, 2.24) is 14.2 Å². The second-order valence-electron chi connectivity index (χ2n) is 6.80. The number of amides is 1. The number of hydrogen-bond acceptors (Lipinski definition) is 6. The van der Waals surface area contributed by atoms with E-state index in [1.807, 2.05) is 31.3 Å². The summed E-state index contributed by atoms with van der Waals surface area (Å²) < 4.78 is 27.9. The molecule has 156 valence electrons. The molecular formula is C19H23BrN4O3S2. The van der Waals surface area contributed by atoms with E-state index in [0.29, 0.717) is 36.9 Å². The summed E-state index contributed by atoms with van der Waals surface area (Å²) in [7, 11) is -1.56. The number of pyridine rings is 1. The maximum absolute atomic E-state index is 12.8. The highest BCUT2D eigenvalue weighted by Gasteiger charge is 2.27. The number of nitrogens with zero attached hydrogens (tertiary/aromatic N) is 3. The Bertz CT molecular complexity index is 944. The molecule has 2 aromatic rings. The number of benzene rings is 1. The molecule has 10 heteroatoms. The lowest BCUT2D eigenvalue weighted by atomic mass is 10.3. The van der Waals surface area contributed by atoms with Crippen molar-refractivity contribution < 1.29 is 13.2 Å². The summed E-state index contributed by atoms with van der Waals surface area (Å²) in [6.07, 6.45) is 1.37. The van der Waals surface area contributed by atoms with Crippen LogP contribution in [0, 0.1) is 0 Å². The van der Waals surface area contributed by atoms with Gasteiger partial charge in [-0.1, -0.05) is 27.7 Å². The molecule has 1 amide bonds. The lowest BCUT2D eigenvalue weighted by Crippen LogP contribution is -2.47. The van der Waals surface area contributed by atoms with Crippen LogP contribution in [0.25, 0.3) is 0 Å². The fourth-order valence-electron chi connectivity index (χ4n) is 2.78. The Morgan fingerprint density at radius 3 is 2.38 bits per heavy atom. The van der Waals surface area contributed by atoms with E-state index in [0.717, 1.165) is 4.47 Å². The van der Waals surface area contributed by atoms with Crippen molar-refractivity contribution >= 4 is 49.3 Å². The fourth-order valence-corrected chi connectivity index (χ4v) is 5.20. The number of carbonyl (C=O) groups is 1. The van der Waals surface area contributed by atoms with E-state index >= 15 is 0 Å². The zero-order chi connectivity index (χ0) is 21.0. The summed E-state index contributed by atoms with van der Waals surface area (Å²) in [6, 6.07) is 10.5. The first-order chi connectivity index (χ1) is 13.8. The van der Waals surface area contributed by atoms with Crippen LogP contribution in [-0.2, 0) is 14.8 Å². The molecule has 0 radical (unpaired) electrons. The minimum Gasteiger partial charge on any atom is -0.325 e. The molecule has 0 bridgehead atoms. The number of aromatic nitrogens is 1. The molecule has 29 heavy (non-hydrogen) atoms. The number of hydrogen-bond donors (Lipinski definition) is 1. The first kappa shape index (κ1) is 22.2. The standard InChI is InChI=1S/C19H23BrN4O3S2/c1-14(19(25)22-16-5-3-15(20)4-6-16)28-18-8-7-17(13-21-18)29(26,27)24-11-9-23(2)10-12-24/h3-8,13-14H,9-12H2,1-2H3,(H,22,25)/t14-/m0/s1. The molecule has 1 saturated heterocycles. The number of piperazine rings is 1. The van der Waals surface area contributed by atoms with Crippen LogP contribution in [0.4, 0.5) is 5.69 Å². The van der Waals surface area contributed by atoms with Crippen LogP contribution < -0.4 is 5.32 Å². The number of nitrogens with one attached hydrogen (secondary N) is 1. The maximum atomic E-state index is 12.8. The van der Waals surface area contributed by atoms with Gasteiger partial charge in [0.1, 0.15) is 4.90 Å². The van der Waals surface area contributed by atoms with Gasteiger partial charge in [0.25, 0.3) is 0 Å². The van der Waals surface area contributed by atoms with E-state index in [-0.39, 0.29) is 16.1 Å². The van der Waals surface area contributed by atoms with Gasteiger partial charge in [-0.3, -0.25) is 4.79 Å². The highest BCUT2D eigenvalue weighted by molar-refractivity contribution is 9.10. The van der Waals surface area contributed by atoms with Gasteiger partial charge in [-0.15, -0.1) is 0 Å². The molecule has 0 aliphatic carbocycles. The molecule has 1 atom stereocenters. The largest absolute Gasteiger partial charge is 0.325 e. The number of thioether (sulfide) groups is 1. The number of anilines is 1. The third-order valence-corrected chi connectivity index (χ3v) is 8.05. The Labute approximate surface area is 184 Å². The van der Waals surface area contributed by atoms with Crippen molar-refractivity contribution in [3.63, 3.8) is 0 Å². The Hall–Kier alpha value is -1.46. The number of sulfonamides is 1. The minimum atomic E-state index is -3.54. The molecule has 1 N–H and O–H groups in total. The quantitative estimate of drug-likeness (QED) is 0.616. The maximum Gasteiger partial charge on any atom is 0.244 e. The monoisotopic (exact) mass is 498 g/mol. The second-order valence-corrected chi connectivity index (χ2v) is 11.0. The van der Waals surface area contributed by atoms with Crippen molar-refractivity contribution in [2.75, 3.05) is 38.5 Å². The normalized spacial score (nSPS) is 17.1. The van der Waals surface area contributed by atoms with Gasteiger partial charge < -0.3 is 10.2 Å². The van der Waals surface area contributed by atoms with Crippen LogP contribution in [0.15, 0.2) is 57.0 Å². The predicted octanol–water partition coefficient (Wildman–Crippen LogP) is 2.90. The SMILES string of the molecule is C[C@H](Sc1ccc(S(=O)(=O)N2CCN(C)CC2)cn1)C(=O)Nc1ccc(Br)cc1. The number of halogens is 1. The van der Waals surface area contributed by atoms with Gasteiger partial charge >= 0.3 is 0 Å². The summed E-state index contributed by atoms with van der Waals surface area (Å²) in [5.74, 6) is -0.145. The van der Waals surface area contributed by atoms with Gasteiger partial charge in [-0.05, 0) is 50.4 Å². The molecule has 1 fully saturated rings. The lowest BCUT2D eigenvalue weighted by molar-refractivity contribution is -0.115. The van der Waals surface area contributed by atoms with Crippen LogP contribution >= 0.6 is 27.7 Å². The number of likely N-dealkylation sites (N-methyl/N-ethyl adjacent to an activating group) is 1. The van der Waals surface area contributed by atoms with Gasteiger partial charge in [0, 0.05) is 42.5 Å². The molecular weight excluding hydrogens is 476 g/mol. The zero-order valence-electron chi connectivity index (χ0n) is 16.2. The summed E-state index contributed by atoms with van der Waals surface area (Å²) in [6.45, 7) is 4.16. The number of rotatable bonds is 6. The summed E-state index contributed by atoms with van der Waals surface area (Å²) in [5.41, 5.74) is 0.715. The van der Waals surface area contributed by atoms with Crippen molar-refractivity contribution in [3.8, 4) is 0 Å². The number of carbonyl (C=O) groups excluding carboxylic acids is 1.